The molecule has 5 rings (SSSR count). The monoisotopic (exact) mass is 485 g/mol. The van der Waals surface area contributed by atoms with Crippen LogP contribution in [0.15, 0.2) is 67.5 Å². The number of pyridine rings is 2. The summed E-state index contributed by atoms with van der Waals surface area (Å²) in [7, 11) is 0. The second-order valence-electron chi connectivity index (χ2n) is 8.56. The van der Waals surface area contributed by atoms with Gasteiger partial charge in [-0.1, -0.05) is 18.7 Å². The third-order valence-corrected chi connectivity index (χ3v) is 6.26. The fraction of sp³-hybridized carbons (Fsp3) is 0.192. The van der Waals surface area contributed by atoms with Gasteiger partial charge in [0.2, 0.25) is 5.91 Å². The molecule has 1 aliphatic rings. The number of halogens is 1. The number of piperidine rings is 1. The molecular weight excluding hydrogens is 461 g/mol. The van der Waals surface area contributed by atoms with E-state index in [4.69, 9.17) is 10.8 Å². The van der Waals surface area contributed by atoms with E-state index in [9.17, 15) is 14.0 Å². The quantitative estimate of drug-likeness (QED) is 0.415. The number of hydrogen-bond acceptors (Lipinski definition) is 6. The van der Waals surface area contributed by atoms with Gasteiger partial charge in [-0.3, -0.25) is 14.3 Å². The van der Waals surface area contributed by atoms with Gasteiger partial charge in [-0.15, -0.1) is 0 Å². The first-order valence-electron chi connectivity index (χ1n) is 11.5. The highest BCUT2D eigenvalue weighted by Crippen LogP contribution is 2.34. The molecule has 9 nitrogen and oxygen atoms in total. The van der Waals surface area contributed by atoms with Crippen molar-refractivity contribution < 1.29 is 14.0 Å². The molecule has 1 saturated heterocycles. The zero-order chi connectivity index (χ0) is 25.2. The number of rotatable bonds is 5. The van der Waals surface area contributed by atoms with Gasteiger partial charge in [-0.2, -0.15) is 5.10 Å². The van der Waals surface area contributed by atoms with Crippen LogP contribution < -0.4 is 11.1 Å². The number of likely N-dealkylation sites (tertiary alicyclic amines) is 1. The summed E-state index contributed by atoms with van der Waals surface area (Å²) in [5.74, 6) is -0.517. The van der Waals surface area contributed by atoms with Crippen molar-refractivity contribution >= 4 is 34.4 Å². The lowest BCUT2D eigenvalue weighted by Crippen LogP contribution is -2.40. The number of benzene rings is 1. The number of fused-ring (bicyclic) bond motifs is 1. The maximum absolute atomic E-state index is 13.4. The highest BCUT2D eigenvalue weighted by molar-refractivity contribution is 6.05. The topological polar surface area (TPSA) is 119 Å². The molecule has 1 fully saturated rings. The summed E-state index contributed by atoms with van der Waals surface area (Å²) in [5, 5.41) is 8.19. The SMILES string of the molecule is C=CC(=O)N1CCC[C@@H](n2nc(-c3ccc(C(=O)Nc4cc(F)ccn4)cc3)c3c(N)nccc32)C1. The molecule has 0 radical (unpaired) electrons. The summed E-state index contributed by atoms with van der Waals surface area (Å²) in [6, 6.07) is 11.1. The molecular formula is C26H24FN7O2. The van der Waals surface area contributed by atoms with Crippen molar-refractivity contribution in [2.45, 2.75) is 18.9 Å². The third-order valence-electron chi connectivity index (χ3n) is 6.26. The zero-order valence-corrected chi connectivity index (χ0v) is 19.4. The van der Waals surface area contributed by atoms with E-state index in [0.717, 1.165) is 30.0 Å². The number of hydrogen-bond donors (Lipinski definition) is 2. The minimum Gasteiger partial charge on any atom is -0.383 e. The van der Waals surface area contributed by atoms with E-state index in [1.165, 1.54) is 18.3 Å². The largest absolute Gasteiger partial charge is 0.383 e. The van der Waals surface area contributed by atoms with Crippen molar-refractivity contribution in [3.63, 3.8) is 0 Å². The molecule has 4 aromatic rings. The van der Waals surface area contributed by atoms with Gasteiger partial charge in [0.25, 0.3) is 5.91 Å². The molecule has 182 valence electrons. The molecule has 1 aromatic carbocycles. The Balaban J connectivity index is 1.46. The summed E-state index contributed by atoms with van der Waals surface area (Å²) >= 11 is 0. The number of nitrogens with one attached hydrogen (secondary N) is 1. The number of anilines is 2. The Morgan fingerprint density at radius 2 is 1.92 bits per heavy atom. The van der Waals surface area contributed by atoms with Crippen molar-refractivity contribution in [1.29, 1.82) is 0 Å². The van der Waals surface area contributed by atoms with Gasteiger partial charge in [-0.25, -0.2) is 14.4 Å². The molecule has 36 heavy (non-hydrogen) atoms. The Kier molecular flexibility index (Phi) is 6.16. The standard InChI is InChI=1S/C26H24FN7O2/c1-2-22(35)33-13-3-4-19(15-33)34-20-10-12-30-25(28)23(20)24(32-34)16-5-7-17(8-6-16)26(36)31-21-14-18(27)9-11-29-21/h2,5-12,14,19H,1,3-4,13,15H2,(H2,28,30)(H,29,31,36)/t19-/m1/s1. The van der Waals surface area contributed by atoms with Gasteiger partial charge in [0.1, 0.15) is 23.1 Å². The molecule has 0 aliphatic carbocycles. The lowest BCUT2D eigenvalue weighted by atomic mass is 10.0. The second kappa shape index (κ2) is 9.57. The minimum atomic E-state index is -0.487. The van der Waals surface area contributed by atoms with Crippen LogP contribution in [0.25, 0.3) is 22.2 Å². The molecule has 0 saturated carbocycles. The van der Waals surface area contributed by atoms with E-state index >= 15 is 0 Å². The Hall–Kier alpha value is -4.60. The summed E-state index contributed by atoms with van der Waals surface area (Å²) in [5.41, 5.74) is 8.87. The number of carbonyl (C=O) groups excluding carboxylic acids is 2. The molecule has 3 aromatic heterocycles. The minimum absolute atomic E-state index is 0.0236. The van der Waals surface area contributed by atoms with Crippen LogP contribution in [-0.2, 0) is 4.79 Å². The molecule has 0 bridgehead atoms. The van der Waals surface area contributed by atoms with Crippen molar-refractivity contribution in [3.05, 3.63) is 78.9 Å². The van der Waals surface area contributed by atoms with Crippen LogP contribution >= 0.6 is 0 Å². The Morgan fingerprint density at radius 1 is 1.14 bits per heavy atom. The van der Waals surface area contributed by atoms with Crippen molar-refractivity contribution in [3.8, 4) is 11.3 Å². The number of aromatic nitrogens is 4. The smallest absolute Gasteiger partial charge is 0.256 e. The van der Waals surface area contributed by atoms with E-state index in [2.05, 4.69) is 21.9 Å². The van der Waals surface area contributed by atoms with Crippen LogP contribution in [0.2, 0.25) is 0 Å². The first-order valence-corrected chi connectivity index (χ1v) is 11.5. The number of carbonyl (C=O) groups is 2. The van der Waals surface area contributed by atoms with Crippen LogP contribution in [0.3, 0.4) is 0 Å². The summed E-state index contributed by atoms with van der Waals surface area (Å²) in [4.78, 5) is 34.8. The molecule has 4 heterocycles. The normalized spacial score (nSPS) is 15.6. The predicted molar refractivity (Wildman–Crippen MR) is 135 cm³/mol. The van der Waals surface area contributed by atoms with Gasteiger partial charge >= 0.3 is 0 Å². The van der Waals surface area contributed by atoms with Crippen LogP contribution in [-0.4, -0.2) is 49.6 Å². The average molecular weight is 486 g/mol. The average Bonchev–Trinajstić information content (AvgIpc) is 3.29. The Labute approximate surface area is 206 Å². The van der Waals surface area contributed by atoms with Crippen LogP contribution in [0.5, 0.6) is 0 Å². The highest BCUT2D eigenvalue weighted by atomic mass is 19.1. The number of nitrogens with two attached hydrogens (primary N) is 1. The number of nitrogens with zero attached hydrogens (tertiary/aromatic N) is 5. The molecule has 10 heteroatoms. The highest BCUT2D eigenvalue weighted by Gasteiger charge is 2.27. The maximum Gasteiger partial charge on any atom is 0.256 e. The van der Waals surface area contributed by atoms with Crippen molar-refractivity contribution in [2.75, 3.05) is 24.1 Å². The number of amides is 2. The van der Waals surface area contributed by atoms with E-state index in [0.29, 0.717) is 35.6 Å². The van der Waals surface area contributed by atoms with Gasteiger partial charge in [0.15, 0.2) is 0 Å². The van der Waals surface area contributed by atoms with Gasteiger partial charge in [0.05, 0.1) is 16.9 Å². The maximum atomic E-state index is 13.4. The van der Waals surface area contributed by atoms with Crippen molar-refractivity contribution in [2.24, 2.45) is 0 Å². The Morgan fingerprint density at radius 3 is 2.67 bits per heavy atom. The van der Waals surface area contributed by atoms with E-state index in [1.807, 2.05) is 10.7 Å². The van der Waals surface area contributed by atoms with Gasteiger partial charge in [-0.05, 0) is 43.2 Å². The predicted octanol–water partition coefficient (Wildman–Crippen LogP) is 3.82. The van der Waals surface area contributed by atoms with Gasteiger partial charge < -0.3 is 16.0 Å². The van der Waals surface area contributed by atoms with E-state index in [-0.39, 0.29) is 17.8 Å². The molecule has 1 aliphatic heterocycles. The molecule has 3 N–H and O–H groups in total. The number of nitrogen functional groups attached to an aromatic ring is 1. The lowest BCUT2D eigenvalue weighted by molar-refractivity contribution is -0.127. The van der Waals surface area contributed by atoms with Crippen LogP contribution in [0, 0.1) is 5.82 Å². The van der Waals surface area contributed by atoms with Gasteiger partial charge in [0, 0.05) is 42.7 Å². The van der Waals surface area contributed by atoms with E-state index < -0.39 is 11.7 Å². The van der Waals surface area contributed by atoms with E-state index in [1.54, 1.807) is 35.4 Å². The molecule has 2 amide bonds. The van der Waals surface area contributed by atoms with Crippen LogP contribution in [0.1, 0.15) is 29.2 Å². The Bertz CT molecular complexity index is 1470. The molecule has 0 unspecified atom stereocenters. The van der Waals surface area contributed by atoms with Crippen LogP contribution in [0.4, 0.5) is 16.0 Å². The fourth-order valence-electron chi connectivity index (χ4n) is 4.52. The summed E-state index contributed by atoms with van der Waals surface area (Å²) in [6.07, 6.45) is 5.98. The molecule has 1 atom stereocenters. The summed E-state index contributed by atoms with van der Waals surface area (Å²) < 4.78 is 15.3. The van der Waals surface area contributed by atoms with Crippen molar-refractivity contribution in [1.82, 2.24) is 24.6 Å². The summed E-state index contributed by atoms with van der Waals surface area (Å²) in [6.45, 7) is 4.81. The molecule has 0 spiro atoms. The second-order valence-corrected chi connectivity index (χ2v) is 8.56. The lowest BCUT2D eigenvalue weighted by Gasteiger charge is -2.32. The first-order chi connectivity index (χ1) is 17.4. The zero-order valence-electron chi connectivity index (χ0n) is 19.4. The third kappa shape index (κ3) is 4.40. The first kappa shape index (κ1) is 23.2. The fourth-order valence-corrected chi connectivity index (χ4v) is 4.52.